The third kappa shape index (κ3) is 2.92. The van der Waals surface area contributed by atoms with E-state index in [-0.39, 0.29) is 5.54 Å². The lowest BCUT2D eigenvalue weighted by Crippen LogP contribution is -2.67. The minimum atomic E-state index is 0.139. The van der Waals surface area contributed by atoms with Crippen LogP contribution in [0.1, 0.15) is 32.6 Å². The fourth-order valence-electron chi connectivity index (χ4n) is 2.92. The van der Waals surface area contributed by atoms with E-state index in [1.807, 2.05) is 0 Å². The Labute approximate surface area is 93.0 Å². The fraction of sp³-hybridized carbons (Fsp3) is 1.00. The van der Waals surface area contributed by atoms with Gasteiger partial charge in [0.15, 0.2) is 0 Å². The molecule has 0 aromatic carbocycles. The molecule has 3 nitrogen and oxygen atoms in total. The molecule has 0 saturated carbocycles. The molecule has 2 heterocycles. The van der Waals surface area contributed by atoms with Crippen LogP contribution in [0.5, 0.6) is 0 Å². The van der Waals surface area contributed by atoms with Crippen LogP contribution in [0.3, 0.4) is 0 Å². The van der Waals surface area contributed by atoms with E-state index in [1.54, 1.807) is 0 Å². The summed E-state index contributed by atoms with van der Waals surface area (Å²) in [6.07, 6.45) is 4.86. The van der Waals surface area contributed by atoms with Gasteiger partial charge in [0.2, 0.25) is 0 Å². The summed E-state index contributed by atoms with van der Waals surface area (Å²) < 4.78 is 5.37. The zero-order valence-corrected chi connectivity index (χ0v) is 9.87. The minimum absolute atomic E-state index is 0.139. The van der Waals surface area contributed by atoms with Crippen molar-refractivity contribution >= 4 is 0 Å². The maximum Gasteiger partial charge on any atom is 0.0469 e. The monoisotopic (exact) mass is 212 g/mol. The first-order valence-corrected chi connectivity index (χ1v) is 6.31. The molecule has 0 spiro atoms. The molecule has 0 aromatic heterocycles. The molecule has 0 unspecified atom stereocenters. The molecule has 2 aliphatic heterocycles. The van der Waals surface area contributed by atoms with Gasteiger partial charge in [0, 0.05) is 38.4 Å². The van der Waals surface area contributed by atoms with Gasteiger partial charge < -0.3 is 10.5 Å². The van der Waals surface area contributed by atoms with Crippen LogP contribution >= 0.6 is 0 Å². The van der Waals surface area contributed by atoms with E-state index >= 15 is 0 Å². The topological polar surface area (TPSA) is 38.5 Å². The highest BCUT2D eigenvalue weighted by atomic mass is 16.5. The Morgan fingerprint density at radius 1 is 1.33 bits per heavy atom. The maximum absolute atomic E-state index is 6.24. The molecular formula is C12H24N2O. The first kappa shape index (κ1) is 11.4. The quantitative estimate of drug-likeness (QED) is 0.761. The van der Waals surface area contributed by atoms with Gasteiger partial charge in [-0.25, -0.2) is 0 Å². The fourth-order valence-corrected chi connectivity index (χ4v) is 2.92. The molecule has 0 aliphatic carbocycles. The van der Waals surface area contributed by atoms with Crippen LogP contribution in [0.2, 0.25) is 0 Å². The molecule has 2 saturated heterocycles. The summed E-state index contributed by atoms with van der Waals surface area (Å²) in [5, 5.41) is 0. The maximum atomic E-state index is 6.24. The molecule has 2 fully saturated rings. The lowest BCUT2D eigenvalue weighted by molar-refractivity contribution is 0.0121. The molecule has 0 amide bonds. The average molecular weight is 212 g/mol. The Morgan fingerprint density at radius 3 is 2.60 bits per heavy atom. The second-order valence-corrected chi connectivity index (χ2v) is 5.34. The van der Waals surface area contributed by atoms with Crippen LogP contribution in [0, 0.1) is 5.92 Å². The number of hydrogen-bond donors (Lipinski definition) is 1. The molecule has 3 heteroatoms. The van der Waals surface area contributed by atoms with Crippen molar-refractivity contribution in [3.63, 3.8) is 0 Å². The van der Waals surface area contributed by atoms with Gasteiger partial charge in [0.1, 0.15) is 0 Å². The summed E-state index contributed by atoms with van der Waals surface area (Å²) in [5.74, 6) is 0.852. The van der Waals surface area contributed by atoms with E-state index in [9.17, 15) is 0 Å². The van der Waals surface area contributed by atoms with Crippen LogP contribution in [0.4, 0.5) is 0 Å². The van der Waals surface area contributed by atoms with Crippen molar-refractivity contribution in [3.05, 3.63) is 0 Å². The number of likely N-dealkylation sites (tertiary alicyclic amines) is 1. The van der Waals surface area contributed by atoms with Gasteiger partial charge in [0.25, 0.3) is 0 Å². The van der Waals surface area contributed by atoms with Gasteiger partial charge in [-0.05, 0) is 25.2 Å². The van der Waals surface area contributed by atoms with Gasteiger partial charge in [0.05, 0.1) is 0 Å². The van der Waals surface area contributed by atoms with Crippen molar-refractivity contribution in [2.45, 2.75) is 38.1 Å². The van der Waals surface area contributed by atoms with Crippen LogP contribution in [-0.4, -0.2) is 43.3 Å². The highest BCUT2D eigenvalue weighted by Crippen LogP contribution is 2.26. The zero-order chi connectivity index (χ0) is 10.7. The van der Waals surface area contributed by atoms with Crippen LogP contribution < -0.4 is 5.73 Å². The van der Waals surface area contributed by atoms with E-state index in [0.717, 1.165) is 32.2 Å². The molecule has 0 radical (unpaired) electrons. The van der Waals surface area contributed by atoms with Crippen molar-refractivity contribution in [3.8, 4) is 0 Å². The van der Waals surface area contributed by atoms with Gasteiger partial charge in [-0.3, -0.25) is 4.90 Å². The number of rotatable bonds is 4. The molecule has 2 rings (SSSR count). The van der Waals surface area contributed by atoms with E-state index < -0.39 is 0 Å². The molecule has 2 aliphatic rings. The van der Waals surface area contributed by atoms with Crippen LogP contribution in [0.25, 0.3) is 0 Å². The van der Waals surface area contributed by atoms with Crippen molar-refractivity contribution in [2.75, 3.05) is 32.8 Å². The standard InChI is InChI=1S/C12H24N2O/c1-2-5-12(13)9-14(10-12)8-11-3-6-15-7-4-11/h11H,2-10,13H2,1H3. The van der Waals surface area contributed by atoms with Crippen molar-refractivity contribution < 1.29 is 4.74 Å². The zero-order valence-electron chi connectivity index (χ0n) is 9.87. The highest BCUT2D eigenvalue weighted by molar-refractivity contribution is 4.99. The third-order valence-electron chi connectivity index (χ3n) is 3.68. The molecule has 0 atom stereocenters. The first-order chi connectivity index (χ1) is 7.22. The number of ether oxygens (including phenoxy) is 1. The number of nitrogens with two attached hydrogens (primary N) is 1. The predicted octanol–water partition coefficient (Wildman–Crippen LogP) is 1.23. The Balaban J connectivity index is 1.66. The molecule has 2 N–H and O–H groups in total. The number of hydrogen-bond acceptors (Lipinski definition) is 3. The largest absolute Gasteiger partial charge is 0.381 e. The normalized spacial score (nSPS) is 27.6. The van der Waals surface area contributed by atoms with Crippen LogP contribution in [0.15, 0.2) is 0 Å². The lowest BCUT2D eigenvalue weighted by atomic mass is 9.85. The van der Waals surface area contributed by atoms with Crippen molar-refractivity contribution in [2.24, 2.45) is 11.7 Å². The Morgan fingerprint density at radius 2 is 2.00 bits per heavy atom. The third-order valence-corrected chi connectivity index (χ3v) is 3.68. The van der Waals surface area contributed by atoms with Gasteiger partial charge >= 0.3 is 0 Å². The summed E-state index contributed by atoms with van der Waals surface area (Å²) in [5.41, 5.74) is 6.38. The Kier molecular flexibility index (Phi) is 3.65. The summed E-state index contributed by atoms with van der Waals surface area (Å²) >= 11 is 0. The Bertz CT molecular complexity index is 196. The molecule has 15 heavy (non-hydrogen) atoms. The van der Waals surface area contributed by atoms with Crippen molar-refractivity contribution in [1.29, 1.82) is 0 Å². The van der Waals surface area contributed by atoms with E-state index in [2.05, 4.69) is 11.8 Å². The van der Waals surface area contributed by atoms with E-state index in [4.69, 9.17) is 10.5 Å². The predicted molar refractivity (Wildman–Crippen MR) is 61.8 cm³/mol. The first-order valence-electron chi connectivity index (χ1n) is 6.31. The van der Waals surface area contributed by atoms with Gasteiger partial charge in [-0.15, -0.1) is 0 Å². The lowest BCUT2D eigenvalue weighted by Gasteiger charge is -2.49. The van der Waals surface area contributed by atoms with Crippen molar-refractivity contribution in [1.82, 2.24) is 4.90 Å². The van der Waals surface area contributed by atoms with E-state index in [1.165, 1.54) is 32.2 Å². The van der Waals surface area contributed by atoms with Crippen LogP contribution in [-0.2, 0) is 4.74 Å². The average Bonchev–Trinajstić information content (AvgIpc) is 2.17. The van der Waals surface area contributed by atoms with Gasteiger partial charge in [-0.2, -0.15) is 0 Å². The summed E-state index contributed by atoms with van der Waals surface area (Å²) in [6.45, 7) is 7.60. The summed E-state index contributed by atoms with van der Waals surface area (Å²) in [6, 6.07) is 0. The molecule has 0 bridgehead atoms. The molecular weight excluding hydrogens is 188 g/mol. The smallest absolute Gasteiger partial charge is 0.0469 e. The summed E-state index contributed by atoms with van der Waals surface area (Å²) in [4.78, 5) is 2.52. The summed E-state index contributed by atoms with van der Waals surface area (Å²) in [7, 11) is 0. The van der Waals surface area contributed by atoms with Gasteiger partial charge in [-0.1, -0.05) is 13.3 Å². The van der Waals surface area contributed by atoms with E-state index in [0.29, 0.717) is 0 Å². The Hall–Kier alpha value is -0.120. The highest BCUT2D eigenvalue weighted by Gasteiger charge is 2.38. The SMILES string of the molecule is CCCC1(N)CN(CC2CCOCC2)C1. The molecule has 0 aromatic rings. The molecule has 88 valence electrons. The second kappa shape index (κ2) is 4.81. The second-order valence-electron chi connectivity index (χ2n) is 5.34. The number of nitrogens with zero attached hydrogens (tertiary/aromatic N) is 1. The minimum Gasteiger partial charge on any atom is -0.381 e.